The van der Waals surface area contributed by atoms with E-state index in [9.17, 15) is 9.00 Å². The van der Waals surface area contributed by atoms with E-state index in [1.807, 2.05) is 0 Å². The minimum Gasteiger partial charge on any atom is -0.444 e. The molecule has 4 nitrogen and oxygen atoms in total. The summed E-state index contributed by atoms with van der Waals surface area (Å²) >= 11 is 3.10. The zero-order chi connectivity index (χ0) is 10.6. The van der Waals surface area contributed by atoms with Gasteiger partial charge in [0.15, 0.2) is 10.4 Å². The molecular formula is C8H10BrNO3S. The van der Waals surface area contributed by atoms with Crippen LogP contribution in [0.4, 0.5) is 0 Å². The summed E-state index contributed by atoms with van der Waals surface area (Å²) in [5.41, 5.74) is 0. The molecule has 0 spiro atoms. The monoisotopic (exact) mass is 279 g/mol. The molecule has 14 heavy (non-hydrogen) atoms. The third kappa shape index (κ3) is 3.63. The van der Waals surface area contributed by atoms with E-state index in [0.29, 0.717) is 17.0 Å². The molecule has 6 heteroatoms. The number of amides is 1. The van der Waals surface area contributed by atoms with Crippen molar-refractivity contribution in [3.8, 4) is 0 Å². The molecule has 1 rings (SSSR count). The molecule has 1 amide bonds. The molecule has 1 aromatic heterocycles. The molecule has 0 aliphatic rings. The van der Waals surface area contributed by atoms with E-state index in [2.05, 4.69) is 21.2 Å². The van der Waals surface area contributed by atoms with E-state index in [0.717, 1.165) is 0 Å². The number of carbonyl (C=O) groups excluding carboxylic acids is 1. The lowest BCUT2D eigenvalue weighted by atomic mass is 10.4. The summed E-state index contributed by atoms with van der Waals surface area (Å²) in [5.74, 6) is 0.410. The lowest BCUT2D eigenvalue weighted by Crippen LogP contribution is -2.27. The lowest BCUT2D eigenvalue weighted by Gasteiger charge is -2.00. The predicted molar refractivity (Wildman–Crippen MR) is 57.7 cm³/mol. The average Bonchev–Trinajstić information content (AvgIpc) is 2.51. The normalized spacial score (nSPS) is 12.4. The summed E-state index contributed by atoms with van der Waals surface area (Å²) in [5, 5.41) is 2.60. The fourth-order valence-corrected chi connectivity index (χ4v) is 1.53. The van der Waals surface area contributed by atoms with Gasteiger partial charge in [0.05, 0.1) is 0 Å². The number of halogens is 1. The largest absolute Gasteiger partial charge is 0.444 e. The maximum atomic E-state index is 11.3. The van der Waals surface area contributed by atoms with Crippen LogP contribution in [0.1, 0.15) is 10.6 Å². The Labute approximate surface area is 92.6 Å². The highest BCUT2D eigenvalue weighted by molar-refractivity contribution is 9.10. The molecule has 0 radical (unpaired) electrons. The zero-order valence-corrected chi connectivity index (χ0v) is 9.98. The fourth-order valence-electron chi connectivity index (χ4n) is 0.832. The Kier molecular flexibility index (Phi) is 4.34. The second-order valence-corrected chi connectivity index (χ2v) is 4.97. The second-order valence-electron chi connectivity index (χ2n) is 2.64. The van der Waals surface area contributed by atoms with Crippen LogP contribution in [-0.4, -0.2) is 28.7 Å². The van der Waals surface area contributed by atoms with Gasteiger partial charge < -0.3 is 9.73 Å². The predicted octanol–water partition coefficient (Wildman–Crippen LogP) is 1.15. The van der Waals surface area contributed by atoms with E-state index in [-0.39, 0.29) is 11.7 Å². The van der Waals surface area contributed by atoms with Crippen LogP contribution in [0.5, 0.6) is 0 Å². The molecule has 0 saturated heterocycles. The summed E-state index contributed by atoms with van der Waals surface area (Å²) in [6, 6.07) is 3.22. The van der Waals surface area contributed by atoms with Crippen LogP contribution in [0, 0.1) is 0 Å². The summed E-state index contributed by atoms with van der Waals surface area (Å²) in [6.45, 7) is 0.389. The zero-order valence-electron chi connectivity index (χ0n) is 7.58. The highest BCUT2D eigenvalue weighted by Crippen LogP contribution is 2.13. The Bertz CT molecular complexity index is 350. The van der Waals surface area contributed by atoms with Crippen LogP contribution in [-0.2, 0) is 10.8 Å². The average molecular weight is 280 g/mol. The quantitative estimate of drug-likeness (QED) is 0.900. The molecule has 0 aliphatic heterocycles. The van der Waals surface area contributed by atoms with Crippen molar-refractivity contribution in [2.24, 2.45) is 0 Å². The van der Waals surface area contributed by atoms with E-state index in [1.54, 1.807) is 18.4 Å². The molecule has 1 heterocycles. The number of hydrogen-bond donors (Lipinski definition) is 1. The first-order valence-corrected chi connectivity index (χ1v) is 6.45. The summed E-state index contributed by atoms with van der Waals surface area (Å²) < 4.78 is 16.2. The topological polar surface area (TPSA) is 59.3 Å². The first-order valence-electron chi connectivity index (χ1n) is 3.93. The molecule has 1 unspecified atom stereocenters. The molecular weight excluding hydrogens is 270 g/mol. The molecule has 1 aromatic rings. The van der Waals surface area contributed by atoms with Gasteiger partial charge in [-0.15, -0.1) is 0 Å². The Morgan fingerprint density at radius 2 is 2.36 bits per heavy atom. The van der Waals surface area contributed by atoms with Crippen molar-refractivity contribution < 1.29 is 13.4 Å². The van der Waals surface area contributed by atoms with Gasteiger partial charge in [0.25, 0.3) is 5.91 Å². The standard InChI is InChI=1S/C8H10BrNO3S/c1-14(12)5-4-10-8(11)6-2-3-7(9)13-6/h2-3H,4-5H2,1H3,(H,10,11). The maximum absolute atomic E-state index is 11.3. The third-order valence-corrected chi connectivity index (χ3v) is 2.68. The Morgan fingerprint density at radius 3 is 2.86 bits per heavy atom. The fraction of sp³-hybridized carbons (Fsp3) is 0.375. The van der Waals surface area contributed by atoms with Crippen LogP contribution < -0.4 is 5.32 Å². The van der Waals surface area contributed by atoms with Crippen molar-refractivity contribution in [3.63, 3.8) is 0 Å². The highest BCUT2D eigenvalue weighted by atomic mass is 79.9. The second kappa shape index (κ2) is 5.31. The van der Waals surface area contributed by atoms with Crippen LogP contribution in [0.3, 0.4) is 0 Å². The number of rotatable bonds is 4. The SMILES string of the molecule is CS(=O)CCNC(=O)c1ccc(Br)o1. The van der Waals surface area contributed by atoms with Crippen LogP contribution in [0.25, 0.3) is 0 Å². The molecule has 0 aliphatic carbocycles. The minimum atomic E-state index is -0.888. The molecule has 0 fully saturated rings. The van der Waals surface area contributed by atoms with E-state index in [4.69, 9.17) is 4.42 Å². The number of carbonyl (C=O) groups is 1. The molecule has 0 aromatic carbocycles. The highest BCUT2D eigenvalue weighted by Gasteiger charge is 2.09. The van der Waals surface area contributed by atoms with Crippen LogP contribution in [0.2, 0.25) is 0 Å². The lowest BCUT2D eigenvalue weighted by molar-refractivity contribution is 0.0927. The van der Waals surface area contributed by atoms with E-state index >= 15 is 0 Å². The van der Waals surface area contributed by atoms with Crippen molar-refractivity contribution in [1.29, 1.82) is 0 Å². The van der Waals surface area contributed by atoms with Crippen LogP contribution >= 0.6 is 15.9 Å². The van der Waals surface area contributed by atoms with Crippen molar-refractivity contribution in [2.75, 3.05) is 18.6 Å². The van der Waals surface area contributed by atoms with Gasteiger partial charge >= 0.3 is 0 Å². The van der Waals surface area contributed by atoms with Gasteiger partial charge in [-0.1, -0.05) is 0 Å². The Morgan fingerprint density at radius 1 is 1.64 bits per heavy atom. The van der Waals surface area contributed by atoms with Gasteiger partial charge in [-0.2, -0.15) is 0 Å². The van der Waals surface area contributed by atoms with Crippen molar-refractivity contribution in [2.45, 2.75) is 0 Å². The summed E-state index contributed by atoms with van der Waals surface area (Å²) in [6.07, 6.45) is 1.59. The molecule has 1 N–H and O–H groups in total. The Hall–Kier alpha value is -0.620. The van der Waals surface area contributed by atoms with Gasteiger partial charge in [0, 0.05) is 29.4 Å². The molecule has 78 valence electrons. The number of furan rings is 1. The number of hydrogen-bond acceptors (Lipinski definition) is 3. The minimum absolute atomic E-state index is 0.249. The third-order valence-electron chi connectivity index (χ3n) is 1.47. The van der Waals surface area contributed by atoms with Crippen molar-refractivity contribution in [3.05, 3.63) is 22.6 Å². The van der Waals surface area contributed by atoms with Crippen molar-refractivity contribution >= 4 is 32.6 Å². The molecule has 0 bridgehead atoms. The summed E-state index contributed by atoms with van der Waals surface area (Å²) in [4.78, 5) is 11.3. The van der Waals surface area contributed by atoms with Gasteiger partial charge in [0.1, 0.15) is 0 Å². The summed E-state index contributed by atoms with van der Waals surface area (Å²) in [7, 11) is -0.888. The molecule has 1 atom stereocenters. The van der Waals surface area contributed by atoms with E-state index < -0.39 is 10.8 Å². The first kappa shape index (κ1) is 11.5. The van der Waals surface area contributed by atoms with Gasteiger partial charge in [0.2, 0.25) is 0 Å². The smallest absolute Gasteiger partial charge is 0.287 e. The number of nitrogens with one attached hydrogen (secondary N) is 1. The van der Waals surface area contributed by atoms with Gasteiger partial charge in [-0.25, -0.2) is 0 Å². The maximum Gasteiger partial charge on any atom is 0.287 e. The van der Waals surface area contributed by atoms with Gasteiger partial charge in [-0.3, -0.25) is 9.00 Å². The molecule has 0 saturated carbocycles. The van der Waals surface area contributed by atoms with E-state index in [1.165, 1.54) is 0 Å². The van der Waals surface area contributed by atoms with Crippen LogP contribution in [0.15, 0.2) is 21.2 Å². The first-order chi connectivity index (χ1) is 6.59. The van der Waals surface area contributed by atoms with Gasteiger partial charge in [-0.05, 0) is 28.1 Å². The van der Waals surface area contributed by atoms with Crippen molar-refractivity contribution in [1.82, 2.24) is 5.32 Å². The Balaban J connectivity index is 2.39.